The molecule has 0 saturated carbocycles. The van der Waals surface area contributed by atoms with Gasteiger partial charge in [0, 0.05) is 0 Å². The summed E-state index contributed by atoms with van der Waals surface area (Å²) in [5, 5.41) is 0. The number of rotatable bonds is 13. The van der Waals surface area contributed by atoms with Crippen molar-refractivity contribution in [2.45, 2.75) is 90.9 Å². The number of hydrogen-bond donors (Lipinski definition) is 0. The molecule has 3 rings (SSSR count). The minimum atomic E-state index is 0.270. The maximum Gasteiger partial charge on any atom is -0.00735 e. The van der Waals surface area contributed by atoms with Crippen LogP contribution in [-0.2, 0) is 5.41 Å². The van der Waals surface area contributed by atoms with E-state index in [1.807, 2.05) is 0 Å². The van der Waals surface area contributed by atoms with Crippen molar-refractivity contribution in [2.75, 3.05) is 0 Å². The molecule has 1 unspecified atom stereocenters. The molecule has 180 valence electrons. The van der Waals surface area contributed by atoms with Crippen LogP contribution in [0.15, 0.2) is 84.9 Å². The largest absolute Gasteiger partial charge is 0.0654 e. The summed E-state index contributed by atoms with van der Waals surface area (Å²) in [5.41, 5.74) is 8.48. The predicted octanol–water partition coefficient (Wildman–Crippen LogP) is 10.5. The Hall–Kier alpha value is -2.60. The van der Waals surface area contributed by atoms with Gasteiger partial charge in [0.05, 0.1) is 0 Å². The zero-order valence-electron chi connectivity index (χ0n) is 21.9. The highest BCUT2D eigenvalue weighted by Crippen LogP contribution is 2.38. The first kappa shape index (κ1) is 26.0. The second-order valence-corrected chi connectivity index (χ2v) is 9.99. The fourth-order valence-electron chi connectivity index (χ4n) is 5.25. The summed E-state index contributed by atoms with van der Waals surface area (Å²) in [4.78, 5) is 0. The molecule has 0 aliphatic carbocycles. The minimum Gasteiger partial charge on any atom is -0.0654 e. The van der Waals surface area contributed by atoms with Gasteiger partial charge in [-0.1, -0.05) is 151 Å². The van der Waals surface area contributed by atoms with Gasteiger partial charge in [-0.2, -0.15) is 0 Å². The van der Waals surface area contributed by atoms with Crippen molar-refractivity contribution in [3.05, 3.63) is 107 Å². The Balaban J connectivity index is 2.01. The fourth-order valence-corrected chi connectivity index (χ4v) is 5.25. The molecule has 0 nitrogen and oxygen atoms in total. The summed E-state index contributed by atoms with van der Waals surface area (Å²) in [5.74, 6) is 0. The molecule has 3 aromatic rings. The predicted molar refractivity (Wildman–Crippen MR) is 151 cm³/mol. The molecule has 3 aromatic carbocycles. The lowest BCUT2D eigenvalue weighted by Crippen LogP contribution is -2.22. The molecule has 1 atom stereocenters. The molecule has 0 aromatic heterocycles. The lowest BCUT2D eigenvalue weighted by molar-refractivity contribution is 0.369. The molecular weight excluding hydrogens is 408 g/mol. The average Bonchev–Trinajstić information content (AvgIpc) is 2.89. The molecule has 0 heteroatoms. The standard InChI is InChI=1S/C34H44/c1-5-8-10-17-27-34(4,26-9-6-2)31-24-22-30(23-25-31)33(29-20-15-12-16-21-29)32(7-3)28-18-13-11-14-19-28/h11-16,18-25H,5-10,17,26-27H2,1-4H3/b33-32-. The van der Waals surface area contributed by atoms with Crippen LogP contribution >= 0.6 is 0 Å². The molecule has 0 bridgehead atoms. The number of hydrogen-bond acceptors (Lipinski definition) is 0. The zero-order chi connectivity index (χ0) is 24.2. The maximum absolute atomic E-state index is 2.50. The van der Waals surface area contributed by atoms with Crippen molar-refractivity contribution in [3.8, 4) is 0 Å². The van der Waals surface area contributed by atoms with Gasteiger partial charge >= 0.3 is 0 Å². The van der Waals surface area contributed by atoms with E-state index in [1.165, 1.54) is 84.8 Å². The molecule has 0 radical (unpaired) electrons. The van der Waals surface area contributed by atoms with E-state index in [0.29, 0.717) is 0 Å². The Labute approximate surface area is 209 Å². The molecule has 0 spiro atoms. The Bertz CT molecular complexity index is 995. The van der Waals surface area contributed by atoms with Crippen LogP contribution in [0.4, 0.5) is 0 Å². The van der Waals surface area contributed by atoms with Gasteiger partial charge in [-0.3, -0.25) is 0 Å². The van der Waals surface area contributed by atoms with E-state index in [4.69, 9.17) is 0 Å². The van der Waals surface area contributed by atoms with Gasteiger partial charge in [0.2, 0.25) is 0 Å². The third-order valence-electron chi connectivity index (χ3n) is 7.37. The van der Waals surface area contributed by atoms with Gasteiger partial charge in [-0.05, 0) is 58.1 Å². The molecule has 0 aliphatic rings. The highest BCUT2D eigenvalue weighted by Gasteiger charge is 2.26. The van der Waals surface area contributed by atoms with Crippen molar-refractivity contribution in [2.24, 2.45) is 0 Å². The van der Waals surface area contributed by atoms with E-state index in [-0.39, 0.29) is 5.41 Å². The lowest BCUT2D eigenvalue weighted by atomic mass is 9.74. The molecule has 0 saturated heterocycles. The quantitative estimate of drug-likeness (QED) is 0.179. The fraction of sp³-hybridized carbons (Fsp3) is 0.412. The van der Waals surface area contributed by atoms with Crippen molar-refractivity contribution in [1.82, 2.24) is 0 Å². The minimum absolute atomic E-state index is 0.270. The SMILES string of the molecule is CCCCCCC(C)(CCCC)c1ccc(/C(=C(/CC)c2ccccc2)c2ccccc2)cc1. The van der Waals surface area contributed by atoms with Crippen molar-refractivity contribution < 1.29 is 0 Å². The molecular formula is C34H44. The first-order valence-electron chi connectivity index (χ1n) is 13.6. The van der Waals surface area contributed by atoms with Crippen LogP contribution in [0.3, 0.4) is 0 Å². The van der Waals surface area contributed by atoms with Crippen LogP contribution in [0, 0.1) is 0 Å². The monoisotopic (exact) mass is 452 g/mol. The van der Waals surface area contributed by atoms with Crippen LogP contribution < -0.4 is 0 Å². The highest BCUT2D eigenvalue weighted by molar-refractivity contribution is 5.98. The van der Waals surface area contributed by atoms with E-state index in [2.05, 4.69) is 113 Å². The van der Waals surface area contributed by atoms with Crippen LogP contribution in [0.2, 0.25) is 0 Å². The van der Waals surface area contributed by atoms with Crippen molar-refractivity contribution in [1.29, 1.82) is 0 Å². The first-order chi connectivity index (χ1) is 16.6. The van der Waals surface area contributed by atoms with Gasteiger partial charge in [0.1, 0.15) is 0 Å². The number of benzene rings is 3. The smallest absolute Gasteiger partial charge is 0.00735 e. The second kappa shape index (κ2) is 13.3. The second-order valence-electron chi connectivity index (χ2n) is 9.99. The Morgan fingerprint density at radius 1 is 0.559 bits per heavy atom. The van der Waals surface area contributed by atoms with E-state index >= 15 is 0 Å². The Morgan fingerprint density at radius 3 is 1.65 bits per heavy atom. The average molecular weight is 453 g/mol. The summed E-state index contributed by atoms with van der Waals surface area (Å²) in [6, 6.07) is 31.4. The number of allylic oxidation sites excluding steroid dienone is 1. The third-order valence-corrected chi connectivity index (χ3v) is 7.37. The van der Waals surface area contributed by atoms with Gasteiger partial charge in [-0.25, -0.2) is 0 Å². The maximum atomic E-state index is 2.50. The lowest BCUT2D eigenvalue weighted by Gasteiger charge is -2.31. The van der Waals surface area contributed by atoms with Crippen LogP contribution in [0.1, 0.15) is 108 Å². The van der Waals surface area contributed by atoms with Gasteiger partial charge in [-0.15, -0.1) is 0 Å². The summed E-state index contributed by atoms with van der Waals surface area (Å²) in [6.45, 7) is 9.39. The van der Waals surface area contributed by atoms with Gasteiger partial charge in [0.25, 0.3) is 0 Å². The summed E-state index contributed by atoms with van der Waals surface area (Å²) < 4.78 is 0. The molecule has 0 aliphatic heterocycles. The topological polar surface area (TPSA) is 0 Å². The molecule has 0 N–H and O–H groups in total. The Kier molecular flexibility index (Phi) is 10.2. The normalized spacial score (nSPS) is 13.9. The summed E-state index contributed by atoms with van der Waals surface area (Å²) in [6.07, 6.45) is 11.5. The van der Waals surface area contributed by atoms with Crippen LogP contribution in [0.25, 0.3) is 11.1 Å². The van der Waals surface area contributed by atoms with E-state index in [9.17, 15) is 0 Å². The van der Waals surface area contributed by atoms with E-state index < -0.39 is 0 Å². The highest BCUT2D eigenvalue weighted by atomic mass is 14.3. The number of unbranched alkanes of at least 4 members (excludes halogenated alkanes) is 4. The Morgan fingerprint density at radius 2 is 1.09 bits per heavy atom. The third kappa shape index (κ3) is 6.72. The molecule has 0 fully saturated rings. The molecule has 34 heavy (non-hydrogen) atoms. The molecule has 0 heterocycles. The van der Waals surface area contributed by atoms with Crippen molar-refractivity contribution in [3.63, 3.8) is 0 Å². The summed E-state index contributed by atoms with van der Waals surface area (Å²) in [7, 11) is 0. The summed E-state index contributed by atoms with van der Waals surface area (Å²) >= 11 is 0. The van der Waals surface area contributed by atoms with E-state index in [0.717, 1.165) is 6.42 Å². The van der Waals surface area contributed by atoms with Crippen molar-refractivity contribution >= 4 is 11.1 Å². The zero-order valence-corrected chi connectivity index (χ0v) is 21.9. The van der Waals surface area contributed by atoms with Gasteiger partial charge in [0.15, 0.2) is 0 Å². The van der Waals surface area contributed by atoms with E-state index in [1.54, 1.807) is 0 Å². The first-order valence-corrected chi connectivity index (χ1v) is 13.6. The molecule has 0 amide bonds. The van der Waals surface area contributed by atoms with Crippen LogP contribution in [-0.4, -0.2) is 0 Å². The van der Waals surface area contributed by atoms with Crippen LogP contribution in [0.5, 0.6) is 0 Å². The van der Waals surface area contributed by atoms with Gasteiger partial charge < -0.3 is 0 Å².